The van der Waals surface area contributed by atoms with Crippen LogP contribution in [0.5, 0.6) is 0 Å². The van der Waals surface area contributed by atoms with Crippen molar-refractivity contribution >= 4 is 90.7 Å². The van der Waals surface area contributed by atoms with Crippen LogP contribution in [-0.2, 0) is 27.4 Å². The van der Waals surface area contributed by atoms with Crippen molar-refractivity contribution in [3.63, 3.8) is 0 Å². The molecule has 616 valence electrons. The largest absolute Gasteiger partial charge is 0.444 e. The highest BCUT2D eigenvalue weighted by Crippen LogP contribution is 2.35. The molecule has 31 heteroatoms. The Morgan fingerprint density at radius 1 is 0.426 bits per heavy atom. The molecule has 16 N–H and O–H groups in total. The number of aromatic amines is 6. The van der Waals surface area contributed by atoms with Crippen LogP contribution in [0.25, 0.3) is 111 Å². The number of nitrogens with zero attached hydrogens (tertiary/aromatic N) is 8. The second kappa shape index (κ2) is 38.8. The summed E-state index contributed by atoms with van der Waals surface area (Å²) in [5.74, 6) is 0.155. The van der Waals surface area contributed by atoms with Gasteiger partial charge in [-0.1, -0.05) is 109 Å². The van der Waals surface area contributed by atoms with Crippen molar-refractivity contribution in [2.75, 3.05) is 30.9 Å². The molecular formula is C91H87N21O10. The van der Waals surface area contributed by atoms with E-state index in [-0.39, 0.29) is 42.7 Å². The summed E-state index contributed by atoms with van der Waals surface area (Å²) >= 11 is 0. The van der Waals surface area contributed by atoms with Crippen LogP contribution in [-0.4, -0.2) is 157 Å². The van der Waals surface area contributed by atoms with E-state index in [1.807, 2.05) is 164 Å². The third kappa shape index (κ3) is 20.6. The first-order valence-corrected chi connectivity index (χ1v) is 39.7. The topological polar surface area (TPSA) is 460 Å². The van der Waals surface area contributed by atoms with Gasteiger partial charge in [0.25, 0.3) is 11.8 Å². The van der Waals surface area contributed by atoms with Crippen molar-refractivity contribution in [3.8, 4) is 67.8 Å². The molecule has 6 heterocycles. The highest BCUT2D eigenvalue weighted by atomic mass is 16.5. The van der Waals surface area contributed by atoms with Gasteiger partial charge < -0.3 is 52.1 Å². The zero-order chi connectivity index (χ0) is 84.3. The lowest BCUT2D eigenvalue weighted by atomic mass is 9.93. The number of fused-ring (bicyclic) bond motifs is 4. The van der Waals surface area contributed by atoms with Gasteiger partial charge in [0.15, 0.2) is 11.6 Å². The lowest BCUT2D eigenvalue weighted by Gasteiger charge is -2.27. The summed E-state index contributed by atoms with van der Waals surface area (Å²) in [7, 11) is 1.76. The van der Waals surface area contributed by atoms with Gasteiger partial charge >= 0.3 is 12.1 Å². The first kappa shape index (κ1) is 81.8. The number of aromatic nitrogens is 14. The van der Waals surface area contributed by atoms with Gasteiger partial charge in [-0.2, -0.15) is 30.6 Å². The number of methoxy groups -OCH3 is 1. The van der Waals surface area contributed by atoms with Crippen LogP contribution >= 0.6 is 0 Å². The smallest absolute Gasteiger partial charge is 0.411 e. The third-order valence-electron chi connectivity index (χ3n) is 21.0. The number of hydrogen-bond acceptors (Lipinski definition) is 18. The quantitative estimate of drug-likeness (QED) is 0.0280. The fourth-order valence-electron chi connectivity index (χ4n) is 14.6. The molecule has 122 heavy (non-hydrogen) atoms. The van der Waals surface area contributed by atoms with Crippen LogP contribution in [0.2, 0.25) is 0 Å². The highest BCUT2D eigenvalue weighted by molar-refractivity contribution is 6.04. The number of nitrogens with one attached hydrogen (secondary N) is 11. The average molecular weight is 1630 g/mol. The van der Waals surface area contributed by atoms with E-state index in [4.69, 9.17) is 25.7 Å². The van der Waals surface area contributed by atoms with Crippen LogP contribution in [0.4, 0.5) is 21.0 Å². The van der Waals surface area contributed by atoms with Gasteiger partial charge in [0, 0.05) is 115 Å². The number of anilines is 2. The molecule has 0 saturated heterocycles. The lowest BCUT2D eigenvalue weighted by molar-refractivity contribution is -0.0149. The Morgan fingerprint density at radius 2 is 0.877 bits per heavy atom. The molecular weight excluding hydrogens is 1550 g/mol. The third-order valence-corrected chi connectivity index (χ3v) is 21.0. The summed E-state index contributed by atoms with van der Waals surface area (Å²) in [6.45, 7) is 1.60. The minimum atomic E-state index is -0.547. The van der Waals surface area contributed by atoms with E-state index in [0.29, 0.717) is 82.5 Å². The lowest BCUT2D eigenvalue weighted by Crippen LogP contribution is -2.38. The molecule has 0 spiro atoms. The number of ether oxygens (including phenoxy) is 3. The molecule has 2 aliphatic rings. The number of hydrogen-bond donors (Lipinski definition) is 14. The van der Waals surface area contributed by atoms with Crippen LogP contribution in [0.1, 0.15) is 104 Å². The molecule has 2 saturated carbocycles. The van der Waals surface area contributed by atoms with E-state index in [1.165, 1.54) is 12.7 Å². The van der Waals surface area contributed by atoms with E-state index in [9.17, 15) is 33.9 Å². The van der Waals surface area contributed by atoms with E-state index >= 15 is 0 Å². The van der Waals surface area contributed by atoms with Crippen molar-refractivity contribution in [3.05, 3.63) is 277 Å². The van der Waals surface area contributed by atoms with E-state index in [0.717, 1.165) is 151 Å². The molecule has 2 fully saturated rings. The number of amides is 7. The maximum absolute atomic E-state index is 12.8. The van der Waals surface area contributed by atoms with Crippen molar-refractivity contribution in [1.29, 1.82) is 0 Å². The zero-order valence-electron chi connectivity index (χ0n) is 66.2. The van der Waals surface area contributed by atoms with Crippen molar-refractivity contribution < 1.29 is 48.1 Å². The van der Waals surface area contributed by atoms with E-state index < -0.39 is 17.9 Å². The minimum Gasteiger partial charge on any atom is -0.444 e. The predicted molar refractivity (Wildman–Crippen MR) is 464 cm³/mol. The second-order valence-electron chi connectivity index (χ2n) is 29.3. The molecule has 18 rings (SSSR count). The number of aliphatic hydroxyl groups is 1. The molecule has 16 aromatic rings. The highest BCUT2D eigenvalue weighted by Gasteiger charge is 2.25. The van der Waals surface area contributed by atoms with E-state index in [1.54, 1.807) is 73.8 Å². The van der Waals surface area contributed by atoms with Crippen molar-refractivity contribution in [2.24, 2.45) is 11.5 Å². The fourth-order valence-corrected chi connectivity index (χ4v) is 14.6. The number of primary amides is 2. The van der Waals surface area contributed by atoms with Gasteiger partial charge in [-0.05, 0) is 184 Å². The second-order valence-corrected chi connectivity index (χ2v) is 29.3. The standard InChI is InChI=1S/C25H28N6O3.C22H22N6O2.C22H19N5O2.C22H18N4O3/c1-33-19-6-8-20(9-7-19)34-12-11-26-25(32)18-4-2-3-16(13-18)23-21-14-17(24-27-15-28-31-24)5-10-22(21)29-30-23;29-17-7-5-16(6-8-17)25-22(30)15-3-1-2-13(10-15)20-18-11-14(21-23-12-24-28-21)4-9-19(18)26-27-20;23-21(28)16-9-10-19-18(12-16)20(27-26-19)15-7-4-8-17(11-15)25-22(29)24-13-14-5-2-1-3-6-14;23-21(27)16-9-10-19-18(12-16)20(26-25-19)15-7-4-8-17(11-15)24-22(28)29-13-14-5-2-1-3-6-14/h2-5,10,13-15,19-20H,6-9,11-12H2,1H3,(H,26,32)(H,29,30)(H,27,28,31);1-4,9-12,16-17,29H,5-8H2,(H,25,30)(H,26,27)(H,23,24,28);1-12H,13H2,(H2,23,28)(H,26,27)(H2,24,25,29);1-12H,13H2,(H2,23,27)(H,24,28)(H,25,26). The average Bonchev–Trinajstić information content (AvgIpc) is 1.64. The van der Waals surface area contributed by atoms with Gasteiger partial charge in [-0.3, -0.25) is 55.1 Å². The summed E-state index contributed by atoms with van der Waals surface area (Å²) < 4.78 is 16.6. The minimum absolute atomic E-state index is 0.0968. The molecule has 6 aromatic heterocycles. The molecule has 2 aliphatic carbocycles. The van der Waals surface area contributed by atoms with Gasteiger partial charge in [0.05, 0.1) is 69.8 Å². The number of carbonyl (C=O) groups excluding carboxylic acids is 6. The maximum Gasteiger partial charge on any atom is 0.411 e. The Hall–Kier alpha value is -15.3. The molecule has 0 radical (unpaired) electrons. The number of benzene rings is 10. The van der Waals surface area contributed by atoms with Gasteiger partial charge in [0.1, 0.15) is 19.3 Å². The van der Waals surface area contributed by atoms with Gasteiger partial charge in [-0.15, -0.1) is 0 Å². The Bertz CT molecular complexity index is 6120. The normalized spacial score (nSPS) is 14.8. The van der Waals surface area contributed by atoms with Crippen LogP contribution < -0.4 is 38.1 Å². The molecule has 0 bridgehead atoms. The summed E-state index contributed by atoms with van der Waals surface area (Å²) in [6, 6.07) is 70.6. The summed E-state index contributed by atoms with van der Waals surface area (Å²) in [6.07, 6.45) is 9.93. The number of H-pyrrole nitrogens is 6. The number of urea groups is 1. The van der Waals surface area contributed by atoms with Crippen molar-refractivity contribution in [1.82, 2.24) is 87.1 Å². The summed E-state index contributed by atoms with van der Waals surface area (Å²) in [5.41, 5.74) is 27.3. The Labute approximate surface area is 698 Å². The summed E-state index contributed by atoms with van der Waals surface area (Å²) in [5, 5.41) is 70.8. The molecule has 7 amide bonds. The van der Waals surface area contributed by atoms with Gasteiger partial charge in [0.2, 0.25) is 11.8 Å². The summed E-state index contributed by atoms with van der Waals surface area (Å²) in [4.78, 5) is 81.2. The Morgan fingerprint density at radius 3 is 1.36 bits per heavy atom. The molecule has 10 aromatic carbocycles. The number of aliphatic hydroxyl groups excluding tert-OH is 1. The molecule has 0 aliphatic heterocycles. The Balaban J connectivity index is 0.000000127. The maximum atomic E-state index is 12.8. The van der Waals surface area contributed by atoms with Gasteiger partial charge in [-0.25, -0.2) is 19.6 Å². The zero-order valence-corrected chi connectivity index (χ0v) is 66.2. The Kier molecular flexibility index (Phi) is 26.0. The van der Waals surface area contributed by atoms with E-state index in [2.05, 4.69) is 97.7 Å². The number of rotatable bonds is 22. The fraction of sp³-hybridized carbons (Fsp3) is 0.187. The molecule has 0 atom stereocenters. The first-order valence-electron chi connectivity index (χ1n) is 39.7. The SMILES string of the molecule is COC1CCC(OCCNC(=O)c2cccc(-c3n[nH]c4ccc(-c5ncn[nH]5)cc34)c2)CC1.NC(=O)c1ccc2[nH]nc(-c3cccc(NC(=O)NCc4ccccc4)c3)c2c1.NC(=O)c1ccc2[nH]nc(-c3cccc(NC(=O)OCc4ccccc4)c3)c2c1.O=C(NC1CCC(O)CC1)c1cccc(-c2n[nH]c3ccc(-c4ncn[nH]4)cc23)c1. The number of carbonyl (C=O) groups is 6. The predicted octanol–water partition coefficient (Wildman–Crippen LogP) is 14.5. The molecule has 0 unspecified atom stereocenters. The van der Waals surface area contributed by atoms with Crippen LogP contribution in [0.15, 0.2) is 243 Å². The van der Waals surface area contributed by atoms with Crippen LogP contribution in [0, 0.1) is 0 Å². The monoisotopic (exact) mass is 1630 g/mol. The van der Waals surface area contributed by atoms with Crippen molar-refractivity contribution in [2.45, 2.75) is 88.9 Å². The first-order chi connectivity index (χ1) is 59.6. The van der Waals surface area contributed by atoms with Crippen LogP contribution in [0.3, 0.4) is 0 Å². The molecule has 31 nitrogen and oxygen atoms in total. The number of nitrogens with two attached hydrogens (primary N) is 2.